The first-order valence-corrected chi connectivity index (χ1v) is 7.84. The fourth-order valence-electron chi connectivity index (χ4n) is 2.88. The number of likely N-dealkylation sites (tertiary alicyclic amines) is 1. The maximum atomic E-state index is 13.0. The van der Waals surface area contributed by atoms with Gasteiger partial charge in [-0.25, -0.2) is 4.39 Å². The minimum Gasteiger partial charge on any atom is -0.481 e. The van der Waals surface area contributed by atoms with E-state index in [1.54, 1.807) is 24.1 Å². The Labute approximate surface area is 147 Å². The van der Waals surface area contributed by atoms with Crippen molar-refractivity contribution in [2.24, 2.45) is 5.92 Å². The lowest BCUT2D eigenvalue weighted by molar-refractivity contribution is -0.145. The summed E-state index contributed by atoms with van der Waals surface area (Å²) >= 11 is 0. The van der Waals surface area contributed by atoms with Gasteiger partial charge in [-0.2, -0.15) is 0 Å². The summed E-state index contributed by atoms with van der Waals surface area (Å²) in [4.78, 5) is 27.0. The number of piperidine rings is 1. The molecule has 0 aromatic heterocycles. The lowest BCUT2D eigenvalue weighted by atomic mass is 9.98. The molecule has 1 saturated heterocycles. The Balaban J connectivity index is 0.00000288. The van der Waals surface area contributed by atoms with Crippen LogP contribution < -0.4 is 0 Å². The molecule has 1 aliphatic rings. The lowest BCUT2D eigenvalue weighted by Gasteiger charge is -2.33. The summed E-state index contributed by atoms with van der Waals surface area (Å²) in [6, 6.07) is 5.94. The average molecular weight is 359 g/mol. The van der Waals surface area contributed by atoms with E-state index in [0.29, 0.717) is 13.0 Å². The highest BCUT2D eigenvalue weighted by Gasteiger charge is 2.28. The first-order valence-electron chi connectivity index (χ1n) is 7.84. The summed E-state index contributed by atoms with van der Waals surface area (Å²) in [5, 5.41) is 9.11. The molecule has 7 heteroatoms. The third-order valence-electron chi connectivity index (χ3n) is 4.54. The van der Waals surface area contributed by atoms with Crippen LogP contribution >= 0.6 is 12.4 Å². The third kappa shape index (κ3) is 5.18. The van der Waals surface area contributed by atoms with E-state index in [4.69, 9.17) is 5.11 Å². The van der Waals surface area contributed by atoms with E-state index in [9.17, 15) is 14.0 Å². The zero-order valence-corrected chi connectivity index (χ0v) is 14.8. The Morgan fingerprint density at radius 3 is 2.58 bits per heavy atom. The molecular formula is C17H24ClFN2O3. The largest absolute Gasteiger partial charge is 0.481 e. The number of carboxylic acid groups (broad SMARTS) is 1. The number of aliphatic carboxylic acids is 1. The Kier molecular flexibility index (Phi) is 7.63. The van der Waals surface area contributed by atoms with Gasteiger partial charge in [-0.05, 0) is 44.0 Å². The van der Waals surface area contributed by atoms with Crippen LogP contribution in [0.5, 0.6) is 0 Å². The molecule has 1 N–H and O–H groups in total. The van der Waals surface area contributed by atoms with E-state index in [0.717, 1.165) is 18.5 Å². The van der Waals surface area contributed by atoms with Crippen LogP contribution in [0.25, 0.3) is 0 Å². The Morgan fingerprint density at radius 1 is 1.38 bits per heavy atom. The maximum Gasteiger partial charge on any atom is 0.307 e. The van der Waals surface area contributed by atoms with Gasteiger partial charge in [-0.15, -0.1) is 12.4 Å². The number of carbonyl (C=O) groups excluding carboxylic acids is 1. The van der Waals surface area contributed by atoms with Gasteiger partial charge in [0.25, 0.3) is 0 Å². The van der Waals surface area contributed by atoms with Crippen LogP contribution in [0.1, 0.15) is 31.4 Å². The molecule has 0 aliphatic carbocycles. The van der Waals surface area contributed by atoms with Gasteiger partial charge < -0.3 is 10.0 Å². The van der Waals surface area contributed by atoms with Crippen LogP contribution in [-0.2, 0) is 9.59 Å². The summed E-state index contributed by atoms with van der Waals surface area (Å²) in [6.07, 6.45) is 1.46. The highest BCUT2D eigenvalue weighted by atomic mass is 35.5. The number of hydrogen-bond acceptors (Lipinski definition) is 3. The number of carboxylic acids is 1. The van der Waals surface area contributed by atoms with Crippen molar-refractivity contribution < 1.29 is 19.1 Å². The first kappa shape index (κ1) is 20.4. The van der Waals surface area contributed by atoms with Crippen molar-refractivity contribution >= 4 is 24.3 Å². The van der Waals surface area contributed by atoms with E-state index in [1.807, 2.05) is 11.8 Å². The normalized spacial score (nSPS) is 19.2. The zero-order chi connectivity index (χ0) is 17.0. The van der Waals surface area contributed by atoms with Crippen molar-refractivity contribution in [3.05, 3.63) is 35.6 Å². The Bertz CT molecular complexity index is 567. The van der Waals surface area contributed by atoms with Crippen LogP contribution in [-0.4, -0.2) is 53.5 Å². The smallest absolute Gasteiger partial charge is 0.307 e. The van der Waals surface area contributed by atoms with Gasteiger partial charge in [0.2, 0.25) is 5.91 Å². The molecule has 1 heterocycles. The minimum atomic E-state index is -0.796. The molecular weight excluding hydrogens is 335 g/mol. The van der Waals surface area contributed by atoms with Crippen LogP contribution in [0.4, 0.5) is 4.39 Å². The number of carbonyl (C=O) groups is 2. The molecule has 0 spiro atoms. The number of nitrogens with zero attached hydrogens (tertiary/aromatic N) is 2. The molecule has 24 heavy (non-hydrogen) atoms. The van der Waals surface area contributed by atoms with E-state index < -0.39 is 11.9 Å². The summed E-state index contributed by atoms with van der Waals surface area (Å²) in [5.74, 6) is -1.55. The van der Waals surface area contributed by atoms with Crippen molar-refractivity contribution in [2.75, 3.05) is 26.7 Å². The van der Waals surface area contributed by atoms with Gasteiger partial charge in [0.15, 0.2) is 0 Å². The second-order valence-electron chi connectivity index (χ2n) is 6.14. The third-order valence-corrected chi connectivity index (χ3v) is 4.54. The molecule has 1 aromatic carbocycles. The number of likely N-dealkylation sites (N-methyl/N-ethyl adjacent to an activating group) is 1. The second kappa shape index (κ2) is 8.99. The molecule has 1 aromatic rings. The molecule has 0 saturated carbocycles. The van der Waals surface area contributed by atoms with Gasteiger partial charge in [0, 0.05) is 13.6 Å². The topological polar surface area (TPSA) is 60.9 Å². The highest BCUT2D eigenvalue weighted by molar-refractivity contribution is 5.85. The summed E-state index contributed by atoms with van der Waals surface area (Å²) in [5.41, 5.74) is 0.865. The van der Waals surface area contributed by atoms with E-state index in [2.05, 4.69) is 0 Å². The maximum absolute atomic E-state index is 13.0. The highest BCUT2D eigenvalue weighted by Crippen LogP contribution is 2.21. The summed E-state index contributed by atoms with van der Waals surface area (Å²) in [6.45, 7) is 3.27. The fourth-order valence-corrected chi connectivity index (χ4v) is 2.88. The molecule has 134 valence electrons. The summed E-state index contributed by atoms with van der Waals surface area (Å²) in [7, 11) is 1.72. The number of rotatable bonds is 5. The van der Waals surface area contributed by atoms with E-state index in [1.165, 1.54) is 12.1 Å². The number of hydrogen-bond donors (Lipinski definition) is 1. The molecule has 0 radical (unpaired) electrons. The van der Waals surface area contributed by atoms with Gasteiger partial charge >= 0.3 is 5.97 Å². The predicted octanol–water partition coefficient (Wildman–Crippen LogP) is 2.56. The first-order chi connectivity index (χ1) is 10.9. The summed E-state index contributed by atoms with van der Waals surface area (Å²) < 4.78 is 13.0. The molecule has 5 nitrogen and oxygen atoms in total. The number of halogens is 2. The van der Waals surface area contributed by atoms with Crippen molar-refractivity contribution in [3.8, 4) is 0 Å². The zero-order valence-electron chi connectivity index (χ0n) is 13.9. The van der Waals surface area contributed by atoms with Crippen molar-refractivity contribution in [1.29, 1.82) is 0 Å². The SMILES string of the molecule is CC(c1ccc(F)cc1)N(C)C(=O)CN1CCCC(C(=O)O)C1.Cl. The molecule has 1 aliphatic heterocycles. The molecule has 1 fully saturated rings. The fraction of sp³-hybridized carbons (Fsp3) is 0.529. The Morgan fingerprint density at radius 2 is 2.00 bits per heavy atom. The van der Waals surface area contributed by atoms with Crippen LogP contribution in [0.15, 0.2) is 24.3 Å². The molecule has 1 amide bonds. The van der Waals surface area contributed by atoms with E-state index >= 15 is 0 Å². The minimum absolute atomic E-state index is 0. The van der Waals surface area contributed by atoms with E-state index in [-0.39, 0.29) is 36.7 Å². The molecule has 0 bridgehead atoms. The van der Waals surface area contributed by atoms with Crippen LogP contribution in [0, 0.1) is 11.7 Å². The van der Waals surface area contributed by atoms with Gasteiger partial charge in [-0.3, -0.25) is 14.5 Å². The number of amides is 1. The average Bonchev–Trinajstić information content (AvgIpc) is 2.54. The molecule has 2 rings (SSSR count). The Hall–Kier alpha value is -1.66. The van der Waals surface area contributed by atoms with Crippen molar-refractivity contribution in [3.63, 3.8) is 0 Å². The quantitative estimate of drug-likeness (QED) is 0.878. The van der Waals surface area contributed by atoms with Crippen molar-refractivity contribution in [2.45, 2.75) is 25.8 Å². The van der Waals surface area contributed by atoms with Crippen LogP contribution in [0.2, 0.25) is 0 Å². The molecule has 2 unspecified atom stereocenters. The number of benzene rings is 1. The van der Waals surface area contributed by atoms with Crippen LogP contribution in [0.3, 0.4) is 0 Å². The van der Waals surface area contributed by atoms with Crippen molar-refractivity contribution in [1.82, 2.24) is 9.80 Å². The predicted molar refractivity (Wildman–Crippen MR) is 91.6 cm³/mol. The standard InChI is InChI=1S/C17H23FN2O3.ClH/c1-12(13-5-7-15(18)8-6-13)19(2)16(21)11-20-9-3-4-14(10-20)17(22)23;/h5-8,12,14H,3-4,9-11H2,1-2H3,(H,22,23);1H. The van der Waals surface area contributed by atoms with Gasteiger partial charge in [-0.1, -0.05) is 12.1 Å². The van der Waals surface area contributed by atoms with Gasteiger partial charge in [0.1, 0.15) is 5.82 Å². The van der Waals surface area contributed by atoms with Gasteiger partial charge in [0.05, 0.1) is 18.5 Å². The lowest BCUT2D eigenvalue weighted by Crippen LogP contribution is -2.45. The molecule has 2 atom stereocenters. The monoisotopic (exact) mass is 358 g/mol. The second-order valence-corrected chi connectivity index (χ2v) is 6.14.